The van der Waals surface area contributed by atoms with Gasteiger partial charge in [-0.2, -0.15) is 0 Å². The van der Waals surface area contributed by atoms with E-state index in [1.54, 1.807) is 0 Å². The molecule has 2 atom stereocenters. The van der Waals surface area contributed by atoms with Crippen molar-refractivity contribution in [1.29, 1.82) is 0 Å². The molecular formula is C86H137NO8P+. The molecule has 0 aromatic rings. The van der Waals surface area contributed by atoms with Gasteiger partial charge in [0.15, 0.2) is 6.10 Å². The second-order valence-corrected chi connectivity index (χ2v) is 26.7. The molecule has 0 radical (unpaired) electrons. The molecule has 0 heterocycles. The Hall–Kier alpha value is -5.67. The monoisotopic (exact) mass is 1340 g/mol. The minimum Gasteiger partial charge on any atom is -0.462 e. The second kappa shape index (κ2) is 73.6. The van der Waals surface area contributed by atoms with Crippen LogP contribution in [-0.2, 0) is 32.7 Å². The van der Waals surface area contributed by atoms with E-state index in [2.05, 4.69) is 233 Å². The Balaban J connectivity index is 4.18. The van der Waals surface area contributed by atoms with Crippen molar-refractivity contribution in [2.45, 2.75) is 264 Å². The van der Waals surface area contributed by atoms with Crippen LogP contribution in [0.1, 0.15) is 258 Å². The number of hydrogen-bond acceptors (Lipinski definition) is 7. The topological polar surface area (TPSA) is 108 Å². The number of likely N-dealkylation sites (N-methyl/N-ethyl adjacent to an activating group) is 1. The molecule has 0 bridgehead atoms. The Labute approximate surface area is 588 Å². The molecule has 0 aliphatic heterocycles. The maximum Gasteiger partial charge on any atom is 0.472 e. The summed E-state index contributed by atoms with van der Waals surface area (Å²) in [6.07, 6.45) is 118. The number of allylic oxidation sites excluding steroid dienone is 36. The highest BCUT2D eigenvalue weighted by Gasteiger charge is 2.27. The van der Waals surface area contributed by atoms with Crippen LogP contribution in [0.2, 0.25) is 0 Å². The van der Waals surface area contributed by atoms with E-state index in [1.165, 1.54) is 64.2 Å². The molecule has 9 nitrogen and oxygen atoms in total. The number of hydrogen-bond donors (Lipinski definition) is 1. The minimum absolute atomic E-state index is 0.0132. The maximum atomic E-state index is 12.9. The Morgan fingerprint density at radius 3 is 0.844 bits per heavy atom. The standard InChI is InChI=1S/C86H136NO8P/c1-6-8-10-12-14-16-18-20-22-24-26-28-30-32-34-36-38-40-42-43-45-47-49-51-53-55-57-59-61-63-65-67-69-71-73-75-77-79-86(89)95-84(83-94-96(90,91)93-81-80-87(3,4)5)82-92-85(88)78-76-74-72-70-68-66-64-62-60-58-56-54-52-50-48-46-44-41-39-37-35-33-31-29-27-25-23-21-19-17-15-13-11-9-7-2/h8-11,14-17,20-23,26-29,32-35,38-41,43,45-46,48-49,51,55,57,61,63,67,69,84H,6-7,12-13,18-19,24-25,30-31,36-37,42,44,47,50,52-54,56,58-60,62,64-66,68,70-83H2,1-5H3/p+1/b10-8-,11-9-,16-14-,17-15-,22-20-,23-21-,28-26-,29-27-,34-32-,35-33-,40-38-,41-39-,45-43-,48-46-,51-49-,57-55-,63-61-,69-67-. The molecule has 0 saturated carbocycles. The van der Waals surface area contributed by atoms with E-state index < -0.39 is 26.5 Å². The van der Waals surface area contributed by atoms with Crippen molar-refractivity contribution in [2.75, 3.05) is 47.5 Å². The molecule has 0 spiro atoms. The van der Waals surface area contributed by atoms with E-state index >= 15 is 0 Å². The average molecular weight is 1340 g/mol. The molecule has 0 amide bonds. The molecule has 538 valence electrons. The van der Waals surface area contributed by atoms with Gasteiger partial charge in [0, 0.05) is 12.8 Å². The molecule has 0 rings (SSSR count). The van der Waals surface area contributed by atoms with Crippen LogP contribution in [0.3, 0.4) is 0 Å². The first-order valence-electron chi connectivity index (χ1n) is 37.5. The molecule has 96 heavy (non-hydrogen) atoms. The number of ether oxygens (including phenoxy) is 2. The van der Waals surface area contributed by atoms with Crippen LogP contribution in [0.25, 0.3) is 0 Å². The van der Waals surface area contributed by atoms with Crippen LogP contribution in [-0.4, -0.2) is 74.9 Å². The fourth-order valence-corrected chi connectivity index (χ4v) is 10.1. The van der Waals surface area contributed by atoms with Crippen LogP contribution in [0.5, 0.6) is 0 Å². The Bertz CT molecular complexity index is 2430. The fraction of sp³-hybridized carbons (Fsp3) is 0.558. The molecule has 0 fully saturated rings. The molecule has 2 unspecified atom stereocenters. The smallest absolute Gasteiger partial charge is 0.462 e. The van der Waals surface area contributed by atoms with Crippen molar-refractivity contribution in [2.24, 2.45) is 0 Å². The number of carbonyl (C=O) groups excluding carboxylic acids is 2. The van der Waals surface area contributed by atoms with Crippen molar-refractivity contribution in [3.05, 3.63) is 219 Å². The molecule has 0 aromatic heterocycles. The highest BCUT2D eigenvalue weighted by Crippen LogP contribution is 2.43. The molecular weight excluding hydrogens is 1210 g/mol. The SMILES string of the molecule is CC/C=C\C/C=C\C/C=C\C/C=C\C/C=C\C/C=C\C/C=C\C/C=C\C/C=C\C/C=C\C/C=C\CCCCCC(=O)OC(COC(=O)CCCCCCCCCCCCCCC/C=C\C/C=C\C/C=C\C/C=C\C/C=C\C/C=C\C/C=C\CC)COP(=O)(O)OCC[N+](C)(C)C. The van der Waals surface area contributed by atoms with Gasteiger partial charge in [0.25, 0.3) is 0 Å². The molecule has 10 heteroatoms. The maximum absolute atomic E-state index is 12.9. The summed E-state index contributed by atoms with van der Waals surface area (Å²) in [6, 6.07) is 0. The number of carbonyl (C=O) groups is 2. The lowest BCUT2D eigenvalue weighted by atomic mass is 10.0. The van der Waals surface area contributed by atoms with E-state index in [4.69, 9.17) is 18.5 Å². The molecule has 0 aromatic carbocycles. The summed E-state index contributed by atoms with van der Waals surface area (Å²) < 4.78 is 34.7. The van der Waals surface area contributed by atoms with Crippen LogP contribution in [0.15, 0.2) is 219 Å². The lowest BCUT2D eigenvalue weighted by Crippen LogP contribution is -2.37. The molecule has 1 N–H and O–H groups in total. The highest BCUT2D eigenvalue weighted by atomic mass is 31.2. The third-order valence-electron chi connectivity index (χ3n) is 15.0. The summed E-state index contributed by atoms with van der Waals surface area (Å²) in [5.74, 6) is -0.851. The van der Waals surface area contributed by atoms with Gasteiger partial charge >= 0.3 is 19.8 Å². The van der Waals surface area contributed by atoms with Crippen molar-refractivity contribution < 1.29 is 42.1 Å². The average Bonchev–Trinajstić information content (AvgIpc) is 2.72. The lowest BCUT2D eigenvalue weighted by Gasteiger charge is -2.24. The van der Waals surface area contributed by atoms with Gasteiger partial charge in [-0.1, -0.05) is 310 Å². The van der Waals surface area contributed by atoms with Gasteiger partial charge in [-0.25, -0.2) is 4.57 Å². The van der Waals surface area contributed by atoms with E-state index in [9.17, 15) is 19.0 Å². The normalized spacial score (nSPS) is 14.4. The first kappa shape index (κ1) is 90.3. The number of phosphoric acid groups is 1. The minimum atomic E-state index is -4.42. The summed E-state index contributed by atoms with van der Waals surface area (Å²) in [4.78, 5) is 35.9. The van der Waals surface area contributed by atoms with Crippen molar-refractivity contribution >= 4 is 19.8 Å². The predicted molar refractivity (Wildman–Crippen MR) is 417 cm³/mol. The Kier molecular flexibility index (Phi) is 69.2. The van der Waals surface area contributed by atoms with Gasteiger partial charge in [0.1, 0.15) is 19.8 Å². The summed E-state index contributed by atoms with van der Waals surface area (Å²) in [6.45, 7) is 4.14. The van der Waals surface area contributed by atoms with E-state index in [-0.39, 0.29) is 32.0 Å². The van der Waals surface area contributed by atoms with Gasteiger partial charge in [0.05, 0.1) is 27.7 Å². The highest BCUT2D eigenvalue weighted by molar-refractivity contribution is 7.47. The van der Waals surface area contributed by atoms with Gasteiger partial charge < -0.3 is 18.9 Å². The second-order valence-electron chi connectivity index (χ2n) is 25.2. The number of esters is 2. The van der Waals surface area contributed by atoms with Crippen LogP contribution in [0.4, 0.5) is 0 Å². The number of unbranched alkanes of at least 4 members (excludes halogenated alkanes) is 16. The number of quaternary nitrogens is 1. The zero-order valence-corrected chi connectivity index (χ0v) is 62.2. The van der Waals surface area contributed by atoms with Gasteiger partial charge in [-0.3, -0.25) is 18.6 Å². The van der Waals surface area contributed by atoms with Crippen molar-refractivity contribution in [3.63, 3.8) is 0 Å². The zero-order chi connectivity index (χ0) is 69.7. The zero-order valence-electron chi connectivity index (χ0n) is 61.3. The van der Waals surface area contributed by atoms with E-state index in [0.717, 1.165) is 161 Å². The quantitative estimate of drug-likeness (QED) is 0.0211. The van der Waals surface area contributed by atoms with Crippen LogP contribution >= 0.6 is 7.82 Å². The summed E-state index contributed by atoms with van der Waals surface area (Å²) in [7, 11) is 1.43. The Morgan fingerprint density at radius 2 is 0.562 bits per heavy atom. The van der Waals surface area contributed by atoms with Gasteiger partial charge in [0.2, 0.25) is 0 Å². The van der Waals surface area contributed by atoms with Crippen molar-refractivity contribution in [3.8, 4) is 0 Å². The van der Waals surface area contributed by atoms with Crippen LogP contribution < -0.4 is 0 Å². The third-order valence-corrected chi connectivity index (χ3v) is 16.0. The predicted octanol–water partition coefficient (Wildman–Crippen LogP) is 25.2. The molecule has 0 aliphatic rings. The van der Waals surface area contributed by atoms with Crippen LogP contribution in [0, 0.1) is 0 Å². The largest absolute Gasteiger partial charge is 0.472 e. The first-order chi connectivity index (χ1) is 47.0. The van der Waals surface area contributed by atoms with Crippen molar-refractivity contribution in [1.82, 2.24) is 0 Å². The number of phosphoric ester groups is 1. The fourth-order valence-electron chi connectivity index (χ4n) is 9.35. The number of rotatable bonds is 66. The van der Waals surface area contributed by atoms with Gasteiger partial charge in [-0.05, 0) is 154 Å². The van der Waals surface area contributed by atoms with Gasteiger partial charge in [-0.15, -0.1) is 0 Å². The molecule has 0 aliphatic carbocycles. The summed E-state index contributed by atoms with van der Waals surface area (Å²) in [5, 5.41) is 0. The third kappa shape index (κ3) is 77.3. The summed E-state index contributed by atoms with van der Waals surface area (Å²) in [5.41, 5.74) is 0. The van der Waals surface area contributed by atoms with E-state index in [1.807, 2.05) is 21.1 Å². The summed E-state index contributed by atoms with van der Waals surface area (Å²) >= 11 is 0. The lowest BCUT2D eigenvalue weighted by molar-refractivity contribution is -0.870. The Morgan fingerprint density at radius 1 is 0.323 bits per heavy atom. The first-order valence-corrected chi connectivity index (χ1v) is 39.0. The number of nitrogens with zero attached hydrogens (tertiary/aromatic N) is 1. The molecule has 0 saturated heterocycles. The van der Waals surface area contributed by atoms with E-state index in [0.29, 0.717) is 17.4 Å².